The highest BCUT2D eigenvalue weighted by Gasteiger charge is 2.19. The van der Waals surface area contributed by atoms with Crippen LogP contribution in [0.3, 0.4) is 0 Å². The van der Waals surface area contributed by atoms with Gasteiger partial charge in [0.15, 0.2) is 11.5 Å². The number of amides is 1. The highest BCUT2D eigenvalue weighted by molar-refractivity contribution is 6.00. The molecule has 0 radical (unpaired) electrons. The van der Waals surface area contributed by atoms with Crippen LogP contribution in [0.15, 0.2) is 66.7 Å². The lowest BCUT2D eigenvalue weighted by molar-refractivity contribution is -0.384. The predicted molar refractivity (Wildman–Crippen MR) is 140 cm³/mol. The standard InChI is InChI=1S/C28H29N3O7/c1-2-22(38-28(33)20-7-4-3-5-8-20)9-6-14-29-24-12-11-21(31(34)35)16-23(24)27(32)30-17-19-10-13-25-26(15-19)37-18-36-25/h3-5,7-8,10-13,15-16,22,29H,2,6,9,14,17-18H2,1H3,(H,30,32). The second-order valence-corrected chi connectivity index (χ2v) is 8.73. The molecule has 0 saturated heterocycles. The fourth-order valence-electron chi connectivity index (χ4n) is 4.01. The maximum atomic E-state index is 13.0. The molecule has 10 nitrogen and oxygen atoms in total. The van der Waals surface area contributed by atoms with Crippen LogP contribution in [0.2, 0.25) is 0 Å². The van der Waals surface area contributed by atoms with E-state index < -0.39 is 10.8 Å². The van der Waals surface area contributed by atoms with E-state index in [-0.39, 0.29) is 36.7 Å². The molecule has 0 aliphatic carbocycles. The monoisotopic (exact) mass is 519 g/mol. The zero-order valence-electron chi connectivity index (χ0n) is 21.0. The van der Waals surface area contributed by atoms with Crippen LogP contribution >= 0.6 is 0 Å². The first-order valence-electron chi connectivity index (χ1n) is 12.4. The topological polar surface area (TPSA) is 129 Å². The lowest BCUT2D eigenvalue weighted by atomic mass is 10.1. The number of anilines is 1. The van der Waals surface area contributed by atoms with Gasteiger partial charge in [-0.2, -0.15) is 0 Å². The number of ether oxygens (including phenoxy) is 3. The van der Waals surface area contributed by atoms with Gasteiger partial charge in [-0.3, -0.25) is 14.9 Å². The first-order chi connectivity index (χ1) is 18.4. The van der Waals surface area contributed by atoms with Gasteiger partial charge in [0, 0.05) is 30.9 Å². The molecule has 2 N–H and O–H groups in total. The molecule has 0 aromatic heterocycles. The summed E-state index contributed by atoms with van der Waals surface area (Å²) in [5.41, 5.74) is 1.78. The summed E-state index contributed by atoms with van der Waals surface area (Å²) in [6.07, 6.45) is 1.71. The molecular formula is C28H29N3O7. The number of rotatable bonds is 12. The minimum atomic E-state index is -0.536. The zero-order valence-corrected chi connectivity index (χ0v) is 21.0. The molecule has 4 rings (SSSR count). The highest BCUT2D eigenvalue weighted by Crippen LogP contribution is 2.32. The number of carbonyl (C=O) groups excluding carboxylic acids is 2. The number of nitro benzene ring substituents is 1. The van der Waals surface area contributed by atoms with Gasteiger partial charge in [-0.15, -0.1) is 0 Å². The van der Waals surface area contributed by atoms with Gasteiger partial charge in [-0.25, -0.2) is 4.79 Å². The lowest BCUT2D eigenvalue weighted by Gasteiger charge is -2.17. The van der Waals surface area contributed by atoms with Crippen molar-refractivity contribution in [3.05, 3.63) is 93.5 Å². The number of non-ortho nitro benzene ring substituents is 1. The van der Waals surface area contributed by atoms with E-state index in [2.05, 4.69) is 10.6 Å². The van der Waals surface area contributed by atoms with Crippen molar-refractivity contribution in [1.29, 1.82) is 0 Å². The van der Waals surface area contributed by atoms with Crippen molar-refractivity contribution < 1.29 is 28.7 Å². The summed E-state index contributed by atoms with van der Waals surface area (Å²) in [7, 11) is 0. The smallest absolute Gasteiger partial charge is 0.338 e. The Kier molecular flexibility index (Phi) is 8.76. The molecule has 0 spiro atoms. The van der Waals surface area contributed by atoms with E-state index in [1.165, 1.54) is 18.2 Å². The third-order valence-corrected chi connectivity index (χ3v) is 6.11. The van der Waals surface area contributed by atoms with E-state index in [0.717, 1.165) is 5.56 Å². The Bertz CT molecular complexity index is 1300. The summed E-state index contributed by atoms with van der Waals surface area (Å²) in [4.78, 5) is 36.1. The zero-order chi connectivity index (χ0) is 26.9. The van der Waals surface area contributed by atoms with E-state index in [0.29, 0.717) is 48.6 Å². The van der Waals surface area contributed by atoms with Crippen LogP contribution in [0.1, 0.15) is 52.5 Å². The predicted octanol–water partition coefficient (Wildman–Crippen LogP) is 5.08. The normalized spacial score (nSPS) is 12.4. The van der Waals surface area contributed by atoms with E-state index in [4.69, 9.17) is 14.2 Å². The fourth-order valence-corrected chi connectivity index (χ4v) is 4.01. The lowest BCUT2D eigenvalue weighted by Crippen LogP contribution is -2.24. The number of carbonyl (C=O) groups is 2. The molecule has 3 aromatic carbocycles. The maximum absolute atomic E-state index is 13.0. The Balaban J connectivity index is 1.34. The van der Waals surface area contributed by atoms with Crippen LogP contribution in [0, 0.1) is 10.1 Å². The molecule has 0 saturated carbocycles. The summed E-state index contributed by atoms with van der Waals surface area (Å²) in [6.45, 7) is 2.81. The molecule has 38 heavy (non-hydrogen) atoms. The molecule has 1 aliphatic rings. The molecule has 0 fully saturated rings. The van der Waals surface area contributed by atoms with Gasteiger partial charge in [-0.05, 0) is 55.2 Å². The molecule has 1 heterocycles. The molecule has 10 heteroatoms. The van der Waals surface area contributed by atoms with E-state index in [1.54, 1.807) is 36.4 Å². The summed E-state index contributed by atoms with van der Waals surface area (Å²) in [6, 6.07) is 18.3. The second kappa shape index (κ2) is 12.6. The number of fused-ring (bicyclic) bond motifs is 1. The van der Waals surface area contributed by atoms with Gasteiger partial charge in [-0.1, -0.05) is 31.2 Å². The Morgan fingerprint density at radius 3 is 2.61 bits per heavy atom. The molecule has 1 aliphatic heterocycles. The molecule has 1 unspecified atom stereocenters. The number of benzene rings is 3. The van der Waals surface area contributed by atoms with Gasteiger partial charge in [0.25, 0.3) is 11.6 Å². The van der Waals surface area contributed by atoms with Gasteiger partial charge >= 0.3 is 5.97 Å². The van der Waals surface area contributed by atoms with Crippen molar-refractivity contribution in [3.63, 3.8) is 0 Å². The number of nitro groups is 1. The van der Waals surface area contributed by atoms with Crippen LogP contribution in [0.4, 0.5) is 11.4 Å². The second-order valence-electron chi connectivity index (χ2n) is 8.73. The van der Waals surface area contributed by atoms with E-state index >= 15 is 0 Å². The van der Waals surface area contributed by atoms with Crippen molar-refractivity contribution in [2.24, 2.45) is 0 Å². The third-order valence-electron chi connectivity index (χ3n) is 6.11. The Morgan fingerprint density at radius 1 is 1.05 bits per heavy atom. The van der Waals surface area contributed by atoms with E-state index in [9.17, 15) is 19.7 Å². The quantitative estimate of drug-likeness (QED) is 0.147. The first kappa shape index (κ1) is 26.5. The van der Waals surface area contributed by atoms with Crippen LogP contribution in [-0.2, 0) is 11.3 Å². The van der Waals surface area contributed by atoms with E-state index in [1.807, 2.05) is 19.1 Å². The minimum Gasteiger partial charge on any atom is -0.459 e. The highest BCUT2D eigenvalue weighted by atomic mass is 16.7. The average molecular weight is 520 g/mol. The molecule has 3 aromatic rings. The number of nitrogens with one attached hydrogen (secondary N) is 2. The van der Waals surface area contributed by atoms with Crippen LogP contribution in [0.5, 0.6) is 11.5 Å². The fraction of sp³-hybridized carbons (Fsp3) is 0.286. The minimum absolute atomic E-state index is 0.155. The first-order valence-corrected chi connectivity index (χ1v) is 12.4. The van der Waals surface area contributed by atoms with Crippen LogP contribution in [0.25, 0.3) is 0 Å². The molecule has 198 valence electrons. The molecular weight excluding hydrogens is 490 g/mol. The SMILES string of the molecule is CCC(CCCNc1ccc([N+](=O)[O-])cc1C(=O)NCc1ccc2c(c1)OCO2)OC(=O)c1ccccc1. The Hall–Kier alpha value is -4.60. The van der Waals surface area contributed by atoms with Crippen LogP contribution < -0.4 is 20.1 Å². The van der Waals surface area contributed by atoms with Crippen molar-refractivity contribution in [2.45, 2.75) is 38.8 Å². The van der Waals surface area contributed by atoms with Crippen molar-refractivity contribution in [2.75, 3.05) is 18.7 Å². The van der Waals surface area contributed by atoms with Gasteiger partial charge in [0.05, 0.1) is 16.1 Å². The van der Waals surface area contributed by atoms with Gasteiger partial charge in [0.1, 0.15) is 6.10 Å². The Labute approximate surface area is 220 Å². The van der Waals surface area contributed by atoms with Crippen molar-refractivity contribution >= 4 is 23.3 Å². The summed E-state index contributed by atoms with van der Waals surface area (Å²) < 4.78 is 16.3. The third kappa shape index (κ3) is 6.78. The largest absolute Gasteiger partial charge is 0.459 e. The summed E-state index contributed by atoms with van der Waals surface area (Å²) in [5.74, 6) is 0.443. The molecule has 0 bridgehead atoms. The van der Waals surface area contributed by atoms with Crippen molar-refractivity contribution in [3.8, 4) is 11.5 Å². The average Bonchev–Trinajstić information content (AvgIpc) is 3.41. The number of esters is 1. The number of hydrogen-bond donors (Lipinski definition) is 2. The Morgan fingerprint density at radius 2 is 1.84 bits per heavy atom. The van der Waals surface area contributed by atoms with Crippen LogP contribution in [-0.4, -0.2) is 36.2 Å². The van der Waals surface area contributed by atoms with Crippen molar-refractivity contribution in [1.82, 2.24) is 5.32 Å². The molecule has 1 atom stereocenters. The summed E-state index contributed by atoms with van der Waals surface area (Å²) in [5, 5.41) is 17.3. The van der Waals surface area contributed by atoms with Gasteiger partial charge < -0.3 is 24.8 Å². The number of hydrogen-bond acceptors (Lipinski definition) is 8. The number of nitrogens with zero attached hydrogens (tertiary/aromatic N) is 1. The summed E-state index contributed by atoms with van der Waals surface area (Å²) >= 11 is 0. The molecule has 1 amide bonds. The van der Waals surface area contributed by atoms with Gasteiger partial charge in [0.2, 0.25) is 6.79 Å². The maximum Gasteiger partial charge on any atom is 0.338 e.